The number of carbonyl (C=O) groups excluding carboxylic acids is 5. The Morgan fingerprint density at radius 1 is 0.831 bits per heavy atom. The van der Waals surface area contributed by atoms with Gasteiger partial charge in [0.05, 0.1) is 25.6 Å². The lowest BCUT2D eigenvalue weighted by Crippen LogP contribution is -2.64. The van der Waals surface area contributed by atoms with Crippen molar-refractivity contribution in [3.8, 4) is 0 Å². The van der Waals surface area contributed by atoms with Gasteiger partial charge >= 0.3 is 0 Å². The number of nitrogens with one attached hydrogen (secondary N) is 6. The van der Waals surface area contributed by atoms with Gasteiger partial charge in [-0.05, 0) is 26.2 Å². The second-order valence-electron chi connectivity index (χ2n) is 15.5. The first kappa shape index (κ1) is 51.0. The molecule has 15 atom stereocenters. The van der Waals surface area contributed by atoms with Crippen LogP contribution in [0.25, 0.3) is 11.2 Å². The van der Waals surface area contributed by atoms with E-state index in [0.29, 0.717) is 0 Å². The van der Waals surface area contributed by atoms with Crippen LogP contribution in [0, 0.1) is 0 Å². The smallest absolute Gasteiger partial charge is 0.280 e. The molecule has 0 saturated carbocycles. The van der Waals surface area contributed by atoms with Crippen LogP contribution in [0.1, 0.15) is 39.3 Å². The fourth-order valence-electron chi connectivity index (χ4n) is 7.16. The van der Waals surface area contributed by atoms with E-state index in [1.807, 2.05) is 0 Å². The molecule has 0 spiro atoms. The average Bonchev–Trinajstić information content (AvgIpc) is 3.81. The maximum absolute atomic E-state index is 13.5. The zero-order valence-electron chi connectivity index (χ0n) is 35.1. The Kier molecular flexibility index (Phi) is 18.0. The Morgan fingerprint density at radius 2 is 1.52 bits per heavy atom. The number of nitrogens with zero attached hydrogens (tertiary/aromatic N) is 3. The molecule has 0 radical (unpaired) electrons. The van der Waals surface area contributed by atoms with Gasteiger partial charge in [-0.3, -0.25) is 38.3 Å². The zero-order chi connectivity index (χ0) is 47.7. The van der Waals surface area contributed by atoms with Crippen molar-refractivity contribution >= 4 is 46.6 Å². The fraction of sp³-hybridized carbons (Fsp3) is 0.722. The quantitative estimate of drug-likeness (QED) is 0.0548. The molecule has 29 nitrogen and oxygen atoms in total. The first-order chi connectivity index (χ1) is 30.8. The molecule has 0 bridgehead atoms. The molecule has 0 aromatic carbocycles. The van der Waals surface area contributed by atoms with Gasteiger partial charge in [0, 0.05) is 20.0 Å². The number of ether oxygens (including phenoxy) is 5. The van der Waals surface area contributed by atoms with E-state index in [-0.39, 0.29) is 49.5 Å². The van der Waals surface area contributed by atoms with Crippen molar-refractivity contribution in [1.82, 2.24) is 46.1 Å². The number of rotatable bonds is 20. The number of aromatic nitrogens is 4. The highest BCUT2D eigenvalue weighted by Crippen LogP contribution is 2.31. The van der Waals surface area contributed by atoms with Crippen LogP contribution in [-0.2, 0) is 47.7 Å². The number of aliphatic hydroxyl groups is 8. The predicted octanol–water partition coefficient (Wildman–Crippen LogP) is -8.87. The topological polar surface area (TPSA) is 443 Å². The minimum Gasteiger partial charge on any atom is -0.394 e. The van der Waals surface area contributed by atoms with Gasteiger partial charge in [-0.25, -0.2) is 4.98 Å². The number of imidazole rings is 1. The number of hydrogen-bond acceptors (Lipinski definition) is 22. The van der Waals surface area contributed by atoms with Gasteiger partial charge in [-0.15, -0.1) is 0 Å². The highest BCUT2D eigenvalue weighted by molar-refractivity contribution is 5.88. The van der Waals surface area contributed by atoms with E-state index in [0.717, 1.165) is 13.3 Å². The first-order valence-corrected chi connectivity index (χ1v) is 20.5. The van der Waals surface area contributed by atoms with Gasteiger partial charge in [0.2, 0.25) is 35.5 Å². The third-order valence-electron chi connectivity index (χ3n) is 10.7. The van der Waals surface area contributed by atoms with Gasteiger partial charge in [-0.2, -0.15) is 4.98 Å². The van der Waals surface area contributed by atoms with Crippen LogP contribution >= 0.6 is 0 Å². The highest BCUT2D eigenvalue weighted by Gasteiger charge is 2.47. The summed E-state index contributed by atoms with van der Waals surface area (Å²) in [6, 6.07) is -2.55. The summed E-state index contributed by atoms with van der Waals surface area (Å²) >= 11 is 0. The molecule has 3 fully saturated rings. The second kappa shape index (κ2) is 22.9. The van der Waals surface area contributed by atoms with Crippen LogP contribution in [0.4, 0.5) is 5.95 Å². The number of nitrogen functional groups attached to an aromatic ring is 1. The lowest BCUT2D eigenvalue weighted by Gasteiger charge is -2.42. The summed E-state index contributed by atoms with van der Waals surface area (Å²) in [4.78, 5) is 85.6. The van der Waals surface area contributed by atoms with Crippen LogP contribution in [-0.4, -0.2) is 215 Å². The molecular formula is C36H56N10O19. The second-order valence-corrected chi connectivity index (χ2v) is 15.5. The molecule has 5 amide bonds. The molecule has 3 aliphatic heterocycles. The largest absolute Gasteiger partial charge is 0.394 e. The minimum absolute atomic E-state index is 0.0282. The Bertz CT molecular complexity index is 2030. The molecule has 65 heavy (non-hydrogen) atoms. The number of aromatic amines is 1. The lowest BCUT2D eigenvalue weighted by atomic mass is 9.97. The van der Waals surface area contributed by atoms with Crippen molar-refractivity contribution in [3.05, 3.63) is 16.7 Å². The van der Waals surface area contributed by atoms with Gasteiger partial charge in [0.15, 0.2) is 30.0 Å². The third-order valence-corrected chi connectivity index (χ3v) is 10.7. The summed E-state index contributed by atoms with van der Waals surface area (Å²) in [6.07, 6.45) is -17.1. The molecule has 0 aliphatic carbocycles. The Balaban J connectivity index is 1.11. The Labute approximate surface area is 367 Å². The molecule has 0 unspecified atom stereocenters. The molecule has 29 heteroatoms. The Hall–Kier alpha value is -5.02. The molecule has 2 aromatic heterocycles. The molecule has 2 aromatic rings. The van der Waals surface area contributed by atoms with E-state index in [9.17, 15) is 69.6 Å². The molecular weight excluding hydrogens is 876 g/mol. The van der Waals surface area contributed by atoms with E-state index in [2.05, 4.69) is 41.5 Å². The summed E-state index contributed by atoms with van der Waals surface area (Å²) < 4.78 is 28.4. The highest BCUT2D eigenvalue weighted by atomic mass is 16.7. The first-order valence-electron chi connectivity index (χ1n) is 20.5. The van der Waals surface area contributed by atoms with Crippen molar-refractivity contribution < 1.29 is 88.5 Å². The Morgan fingerprint density at radius 3 is 2.23 bits per heavy atom. The summed E-state index contributed by atoms with van der Waals surface area (Å²) in [5.74, 6) is -3.87. The van der Waals surface area contributed by atoms with Gasteiger partial charge in [0.25, 0.3) is 5.56 Å². The number of aliphatic hydroxyl groups excluding tert-OH is 8. The van der Waals surface area contributed by atoms with Crippen molar-refractivity contribution in [1.29, 1.82) is 0 Å². The number of amides is 5. The van der Waals surface area contributed by atoms with Crippen molar-refractivity contribution in [2.24, 2.45) is 0 Å². The number of carbonyl (C=O) groups is 5. The lowest BCUT2D eigenvalue weighted by molar-refractivity contribution is -0.291. The van der Waals surface area contributed by atoms with E-state index < -0.39 is 153 Å². The molecule has 3 saturated heterocycles. The SMILES string of the molecule is CC(=O)N[C@H]1[C@H](OCC(=O)NCC(=O)NCCCC[C@H](NC(=O)CO[C@H]2O[C@@H](C)[C@@H](O)[C@@H](O)[C@@H]2O)C(=O)NC[C@H]2O[C@@H](n3cnc4c(=O)[nH]c(N)nc43)[C@H](O)[C@@H]2O)O[C@H](CO)[C@@H](O)[C@@H]1O. The third kappa shape index (κ3) is 12.9. The van der Waals surface area contributed by atoms with E-state index in [1.54, 1.807) is 0 Å². The van der Waals surface area contributed by atoms with Gasteiger partial charge < -0.3 is 96.9 Å². The van der Waals surface area contributed by atoms with Crippen LogP contribution in [0.15, 0.2) is 11.1 Å². The van der Waals surface area contributed by atoms with E-state index in [4.69, 9.17) is 29.4 Å². The molecule has 3 aliphatic rings. The van der Waals surface area contributed by atoms with Crippen LogP contribution in [0.5, 0.6) is 0 Å². The minimum atomic E-state index is -1.71. The zero-order valence-corrected chi connectivity index (χ0v) is 35.1. The van der Waals surface area contributed by atoms with E-state index >= 15 is 0 Å². The molecule has 5 heterocycles. The van der Waals surface area contributed by atoms with Crippen molar-refractivity contribution in [2.45, 2.75) is 125 Å². The summed E-state index contributed by atoms with van der Waals surface area (Å²) in [7, 11) is 0. The number of hydrogen-bond donors (Lipinski definition) is 15. The average molecular weight is 933 g/mol. The van der Waals surface area contributed by atoms with Crippen LogP contribution in [0.3, 0.4) is 0 Å². The number of fused-ring (bicyclic) bond motifs is 1. The summed E-state index contributed by atoms with van der Waals surface area (Å²) in [5, 5.41) is 94.1. The number of nitrogens with two attached hydrogens (primary N) is 1. The number of H-pyrrole nitrogens is 1. The maximum atomic E-state index is 13.5. The predicted molar refractivity (Wildman–Crippen MR) is 213 cm³/mol. The summed E-state index contributed by atoms with van der Waals surface area (Å²) in [6.45, 7) is -0.428. The monoisotopic (exact) mass is 932 g/mol. The standard InChI is InChI=1S/C36H56N10O19/c1-13-23(52)27(56)29(58)35(63-13)62-11-20(51)43-15(31(59)40-7-16-24(53)28(57)33(64-16)46-12-41-22-30(46)44-36(37)45-32(22)60)5-3-4-6-38-18(49)8-39-19(50)10-61-34-21(42-14(2)48)26(55)25(54)17(9-47)65-34/h12-13,15-17,21,23-29,33-35,47,52-58H,3-11H2,1-2H3,(H,38,49)(H,39,50)(H,40,59)(H,42,48)(H,43,51)(H3,37,44,45,60)/t13-,15-,16+,17+,21+,23+,24+,25+,26+,27+,28+,29-,33+,34+,35-/m0/s1. The van der Waals surface area contributed by atoms with Crippen molar-refractivity contribution in [3.63, 3.8) is 0 Å². The van der Waals surface area contributed by atoms with Gasteiger partial charge in [0.1, 0.15) is 80.2 Å². The normalized spacial score (nSPS) is 31.8. The van der Waals surface area contributed by atoms with Gasteiger partial charge in [-0.1, -0.05) is 0 Å². The summed E-state index contributed by atoms with van der Waals surface area (Å²) in [5.41, 5.74) is 4.85. The molecule has 16 N–H and O–H groups in total. The number of unbranched alkanes of at least 4 members (excludes halogenated alkanes) is 1. The van der Waals surface area contributed by atoms with Crippen molar-refractivity contribution in [2.75, 3.05) is 45.2 Å². The molecule has 5 rings (SSSR count). The van der Waals surface area contributed by atoms with E-state index in [1.165, 1.54) is 11.5 Å². The number of anilines is 1. The maximum Gasteiger partial charge on any atom is 0.280 e. The van der Waals surface area contributed by atoms with Crippen LogP contribution < -0.4 is 37.9 Å². The van der Waals surface area contributed by atoms with Crippen LogP contribution in [0.2, 0.25) is 0 Å². The fourth-order valence-corrected chi connectivity index (χ4v) is 7.16. The molecule has 364 valence electrons.